The van der Waals surface area contributed by atoms with E-state index in [2.05, 4.69) is 27.3 Å². The molecule has 1 N–H and O–H groups in total. The van der Waals surface area contributed by atoms with Gasteiger partial charge in [-0.3, -0.25) is 0 Å². The number of halogens is 3. The summed E-state index contributed by atoms with van der Waals surface area (Å²) in [6, 6.07) is 14.0. The van der Waals surface area contributed by atoms with Crippen LogP contribution < -0.4 is 5.32 Å². The van der Waals surface area contributed by atoms with E-state index in [9.17, 15) is 0 Å². The van der Waals surface area contributed by atoms with E-state index in [1.165, 1.54) is 5.56 Å². The Morgan fingerprint density at radius 1 is 1.16 bits per heavy atom. The predicted octanol–water partition coefficient (Wildman–Crippen LogP) is 5.26. The van der Waals surface area contributed by atoms with Crippen LogP contribution in [-0.4, -0.2) is 7.05 Å². The van der Waals surface area contributed by atoms with Crippen molar-refractivity contribution in [1.29, 1.82) is 0 Å². The molecule has 0 amide bonds. The maximum Gasteiger partial charge on any atom is 0.0468 e. The van der Waals surface area contributed by atoms with Gasteiger partial charge in [-0.1, -0.05) is 63.4 Å². The van der Waals surface area contributed by atoms with Gasteiger partial charge in [0.25, 0.3) is 0 Å². The predicted molar refractivity (Wildman–Crippen MR) is 86.1 cm³/mol. The molecule has 0 aromatic heterocycles. The van der Waals surface area contributed by atoms with E-state index in [4.69, 9.17) is 23.2 Å². The molecule has 2 rings (SSSR count). The van der Waals surface area contributed by atoms with Crippen molar-refractivity contribution in [1.82, 2.24) is 5.32 Å². The lowest BCUT2D eigenvalue weighted by molar-refractivity contribution is 0.591. The van der Waals surface area contributed by atoms with Crippen LogP contribution in [0.15, 0.2) is 46.9 Å². The Morgan fingerprint density at radius 3 is 2.53 bits per heavy atom. The van der Waals surface area contributed by atoms with E-state index >= 15 is 0 Å². The highest BCUT2D eigenvalue weighted by atomic mass is 79.9. The average molecular weight is 359 g/mol. The number of nitrogens with one attached hydrogen (secondary N) is 1. The lowest BCUT2D eigenvalue weighted by atomic mass is 9.99. The van der Waals surface area contributed by atoms with Crippen LogP contribution in [0.1, 0.15) is 17.2 Å². The fourth-order valence-electron chi connectivity index (χ4n) is 2.04. The summed E-state index contributed by atoms with van der Waals surface area (Å²) in [6.07, 6.45) is 0.860. The van der Waals surface area contributed by atoms with Gasteiger partial charge in [0.1, 0.15) is 0 Å². The van der Waals surface area contributed by atoms with Crippen LogP contribution in [-0.2, 0) is 6.42 Å². The summed E-state index contributed by atoms with van der Waals surface area (Å²) in [5.74, 6) is 0. The van der Waals surface area contributed by atoms with Crippen molar-refractivity contribution in [3.8, 4) is 0 Å². The van der Waals surface area contributed by atoms with Crippen molar-refractivity contribution in [2.45, 2.75) is 12.5 Å². The normalized spacial score (nSPS) is 12.4. The molecule has 0 bridgehead atoms. The van der Waals surface area contributed by atoms with E-state index in [1.807, 2.05) is 37.4 Å². The van der Waals surface area contributed by atoms with Crippen molar-refractivity contribution in [3.05, 3.63) is 68.1 Å². The molecule has 0 fully saturated rings. The molecular weight excluding hydrogens is 345 g/mol. The highest BCUT2D eigenvalue weighted by Gasteiger charge is 2.15. The van der Waals surface area contributed by atoms with Crippen LogP contribution in [0.2, 0.25) is 10.0 Å². The van der Waals surface area contributed by atoms with Crippen molar-refractivity contribution in [3.63, 3.8) is 0 Å². The summed E-state index contributed by atoms with van der Waals surface area (Å²) in [5, 5.41) is 4.66. The first-order valence-corrected chi connectivity index (χ1v) is 7.52. The Hall–Kier alpha value is -0.540. The fraction of sp³-hybridized carbons (Fsp3) is 0.200. The van der Waals surface area contributed by atoms with Gasteiger partial charge >= 0.3 is 0 Å². The SMILES string of the molecule is CNC(Cc1ccccc1Br)c1ccc(Cl)cc1Cl. The number of benzene rings is 2. The Labute approximate surface area is 132 Å². The molecule has 2 aromatic carbocycles. The molecule has 0 radical (unpaired) electrons. The molecule has 2 aromatic rings. The van der Waals surface area contributed by atoms with Gasteiger partial charge < -0.3 is 5.32 Å². The van der Waals surface area contributed by atoms with E-state index in [-0.39, 0.29) is 6.04 Å². The molecule has 19 heavy (non-hydrogen) atoms. The lowest BCUT2D eigenvalue weighted by Gasteiger charge is -2.19. The lowest BCUT2D eigenvalue weighted by Crippen LogP contribution is -2.19. The number of likely N-dealkylation sites (N-methyl/N-ethyl adjacent to an activating group) is 1. The van der Waals surface area contributed by atoms with Crippen LogP contribution in [0.5, 0.6) is 0 Å². The summed E-state index contributed by atoms with van der Waals surface area (Å²) in [4.78, 5) is 0. The van der Waals surface area contributed by atoms with Crippen molar-refractivity contribution in [2.75, 3.05) is 7.05 Å². The second-order valence-electron chi connectivity index (χ2n) is 4.30. The van der Waals surface area contributed by atoms with Crippen molar-refractivity contribution in [2.24, 2.45) is 0 Å². The standard InChI is InChI=1S/C15H14BrCl2N/c1-19-15(8-10-4-2-3-5-13(10)16)12-7-6-11(17)9-14(12)18/h2-7,9,15,19H,8H2,1H3. The van der Waals surface area contributed by atoms with Gasteiger partial charge in [0, 0.05) is 20.6 Å². The van der Waals surface area contributed by atoms with E-state index in [1.54, 1.807) is 6.07 Å². The molecule has 4 heteroatoms. The van der Waals surface area contributed by atoms with Crippen LogP contribution in [0.3, 0.4) is 0 Å². The first-order chi connectivity index (χ1) is 9.11. The third-order valence-corrected chi connectivity index (χ3v) is 4.40. The Bertz CT molecular complexity index is 572. The third kappa shape index (κ3) is 3.73. The minimum atomic E-state index is 0.156. The first kappa shape index (κ1) is 14.9. The molecule has 0 saturated heterocycles. The van der Waals surface area contributed by atoms with Crippen LogP contribution in [0.25, 0.3) is 0 Å². The minimum Gasteiger partial charge on any atom is -0.313 e. The van der Waals surface area contributed by atoms with Gasteiger partial charge in [0.2, 0.25) is 0 Å². The Kier molecular flexibility index (Phi) is 5.28. The van der Waals surface area contributed by atoms with Crippen molar-refractivity contribution >= 4 is 39.1 Å². The summed E-state index contributed by atoms with van der Waals surface area (Å²) >= 11 is 15.8. The summed E-state index contributed by atoms with van der Waals surface area (Å²) in [6.45, 7) is 0. The van der Waals surface area contributed by atoms with Gasteiger partial charge in [-0.2, -0.15) is 0 Å². The van der Waals surface area contributed by atoms with Gasteiger partial charge in [0.15, 0.2) is 0 Å². The zero-order valence-corrected chi connectivity index (χ0v) is 13.6. The Morgan fingerprint density at radius 2 is 1.89 bits per heavy atom. The van der Waals surface area contributed by atoms with Gasteiger partial charge in [0.05, 0.1) is 0 Å². The molecule has 0 heterocycles. The Balaban J connectivity index is 2.28. The monoisotopic (exact) mass is 357 g/mol. The maximum atomic E-state index is 6.27. The summed E-state index contributed by atoms with van der Waals surface area (Å²) < 4.78 is 1.11. The topological polar surface area (TPSA) is 12.0 Å². The molecular formula is C15H14BrCl2N. The molecule has 0 saturated carbocycles. The average Bonchev–Trinajstić information content (AvgIpc) is 2.39. The van der Waals surface area contributed by atoms with Crippen LogP contribution in [0, 0.1) is 0 Å². The van der Waals surface area contributed by atoms with Gasteiger partial charge in [-0.15, -0.1) is 0 Å². The number of rotatable bonds is 4. The van der Waals surface area contributed by atoms with Crippen LogP contribution >= 0.6 is 39.1 Å². The molecule has 0 spiro atoms. The summed E-state index contributed by atoms with van der Waals surface area (Å²) in [7, 11) is 1.94. The minimum absolute atomic E-state index is 0.156. The van der Waals surface area contributed by atoms with Crippen molar-refractivity contribution < 1.29 is 0 Å². The number of hydrogen-bond donors (Lipinski definition) is 1. The largest absolute Gasteiger partial charge is 0.313 e. The molecule has 0 aliphatic rings. The highest BCUT2D eigenvalue weighted by molar-refractivity contribution is 9.10. The first-order valence-electron chi connectivity index (χ1n) is 5.97. The van der Waals surface area contributed by atoms with Gasteiger partial charge in [-0.05, 0) is 42.8 Å². The zero-order chi connectivity index (χ0) is 13.8. The zero-order valence-electron chi connectivity index (χ0n) is 10.5. The van der Waals surface area contributed by atoms with E-state index in [0.29, 0.717) is 10.0 Å². The molecule has 0 aliphatic heterocycles. The van der Waals surface area contributed by atoms with Gasteiger partial charge in [-0.25, -0.2) is 0 Å². The third-order valence-electron chi connectivity index (χ3n) is 3.07. The fourth-order valence-corrected chi connectivity index (χ4v) is 3.02. The molecule has 1 nitrogen and oxygen atoms in total. The maximum absolute atomic E-state index is 6.27. The highest BCUT2D eigenvalue weighted by Crippen LogP contribution is 2.29. The molecule has 1 atom stereocenters. The second-order valence-corrected chi connectivity index (χ2v) is 6.00. The molecule has 1 unspecified atom stereocenters. The van der Waals surface area contributed by atoms with E-state index < -0.39 is 0 Å². The molecule has 0 aliphatic carbocycles. The van der Waals surface area contributed by atoms with Crippen LogP contribution in [0.4, 0.5) is 0 Å². The quantitative estimate of drug-likeness (QED) is 0.786. The summed E-state index contributed by atoms with van der Waals surface area (Å²) in [5.41, 5.74) is 2.30. The number of hydrogen-bond acceptors (Lipinski definition) is 1. The smallest absolute Gasteiger partial charge is 0.0468 e. The second kappa shape index (κ2) is 6.76. The van der Waals surface area contributed by atoms with E-state index in [0.717, 1.165) is 16.5 Å². The molecule has 100 valence electrons.